The van der Waals surface area contributed by atoms with Gasteiger partial charge in [-0.25, -0.2) is 4.39 Å². The molecule has 0 saturated heterocycles. The third kappa shape index (κ3) is 6.81. The fourth-order valence-electron chi connectivity index (χ4n) is 3.17. The maximum Gasteiger partial charge on any atom is 0.261 e. The van der Waals surface area contributed by atoms with E-state index in [0.29, 0.717) is 11.3 Å². The topological polar surface area (TPSA) is 58.6 Å². The molecule has 2 rings (SSSR count). The Balaban J connectivity index is 2.21. The van der Waals surface area contributed by atoms with Crippen molar-refractivity contribution >= 4 is 11.8 Å². The van der Waals surface area contributed by atoms with Gasteiger partial charge in [-0.05, 0) is 43.9 Å². The van der Waals surface area contributed by atoms with Gasteiger partial charge in [0.2, 0.25) is 5.91 Å². The predicted molar refractivity (Wildman–Crippen MR) is 120 cm³/mol. The Morgan fingerprint density at radius 3 is 2.32 bits per heavy atom. The largest absolute Gasteiger partial charge is 0.483 e. The third-order valence-corrected chi connectivity index (χ3v) is 5.36. The Bertz CT molecular complexity index is 885. The van der Waals surface area contributed by atoms with Gasteiger partial charge in [-0.2, -0.15) is 0 Å². The van der Waals surface area contributed by atoms with E-state index in [9.17, 15) is 14.0 Å². The van der Waals surface area contributed by atoms with Crippen LogP contribution < -0.4 is 10.1 Å². The third-order valence-electron chi connectivity index (χ3n) is 5.36. The highest BCUT2D eigenvalue weighted by atomic mass is 19.1. The molecule has 0 aromatic heterocycles. The molecular weight excluding hydrogens is 395 g/mol. The van der Waals surface area contributed by atoms with Crippen molar-refractivity contribution in [2.24, 2.45) is 0 Å². The number of nitrogens with zero attached hydrogens (tertiary/aromatic N) is 1. The average Bonchev–Trinajstić information content (AvgIpc) is 2.76. The number of carbonyl (C=O) groups excluding carboxylic acids is 2. The molecule has 0 aliphatic heterocycles. The monoisotopic (exact) mass is 428 g/mol. The summed E-state index contributed by atoms with van der Waals surface area (Å²) >= 11 is 0. The number of nitrogens with one attached hydrogen (secondary N) is 1. The lowest BCUT2D eigenvalue weighted by molar-refractivity contribution is -0.142. The van der Waals surface area contributed by atoms with Crippen LogP contribution >= 0.6 is 0 Å². The first-order chi connectivity index (χ1) is 14.7. The van der Waals surface area contributed by atoms with Crippen LogP contribution in [0.1, 0.15) is 58.1 Å². The van der Waals surface area contributed by atoms with Crippen molar-refractivity contribution in [2.45, 2.75) is 65.6 Å². The molecule has 2 atom stereocenters. The van der Waals surface area contributed by atoms with E-state index in [1.54, 1.807) is 25.1 Å². The Kier molecular flexibility index (Phi) is 9.03. The molecule has 0 heterocycles. The maximum atomic E-state index is 14.3. The Morgan fingerprint density at radius 1 is 1.03 bits per heavy atom. The summed E-state index contributed by atoms with van der Waals surface area (Å²) in [6.45, 7) is 9.37. The maximum absolute atomic E-state index is 14.3. The summed E-state index contributed by atoms with van der Waals surface area (Å²) < 4.78 is 20.1. The number of benzene rings is 2. The summed E-state index contributed by atoms with van der Waals surface area (Å²) in [6.07, 6.45) is 0.773. The van der Waals surface area contributed by atoms with Gasteiger partial charge in [-0.1, -0.05) is 57.2 Å². The Labute approximate surface area is 184 Å². The molecule has 2 amide bonds. The van der Waals surface area contributed by atoms with Gasteiger partial charge in [0.25, 0.3) is 5.91 Å². The molecule has 0 spiro atoms. The molecule has 0 aliphatic rings. The second-order valence-electron chi connectivity index (χ2n) is 8.09. The number of carbonyl (C=O) groups is 2. The highest BCUT2D eigenvalue weighted by Gasteiger charge is 2.28. The van der Waals surface area contributed by atoms with Gasteiger partial charge in [-0.15, -0.1) is 0 Å². The van der Waals surface area contributed by atoms with E-state index in [2.05, 4.69) is 19.2 Å². The van der Waals surface area contributed by atoms with Crippen LogP contribution in [-0.4, -0.2) is 35.4 Å². The summed E-state index contributed by atoms with van der Waals surface area (Å²) in [4.78, 5) is 27.2. The zero-order valence-corrected chi connectivity index (χ0v) is 19.0. The molecule has 1 N–H and O–H groups in total. The van der Waals surface area contributed by atoms with Crippen LogP contribution in [0.2, 0.25) is 0 Å². The standard InChI is InChI=1S/C25H33FN2O3/c1-6-18(4)27-25(30)19(5)28(15-20-11-7-9-13-22(20)26)24(29)16-31-23-14-10-8-12-21(23)17(2)3/h7-14,17-19H,6,15-16H2,1-5H3,(H,27,30)/t18-,19+/m1/s1. The number of hydrogen-bond donors (Lipinski definition) is 1. The smallest absolute Gasteiger partial charge is 0.261 e. The molecule has 0 saturated carbocycles. The van der Waals surface area contributed by atoms with Crippen molar-refractivity contribution < 1.29 is 18.7 Å². The van der Waals surface area contributed by atoms with Crippen molar-refractivity contribution in [3.8, 4) is 5.75 Å². The molecule has 0 unspecified atom stereocenters. The minimum atomic E-state index is -0.773. The molecule has 2 aromatic carbocycles. The molecule has 0 bridgehead atoms. The lowest BCUT2D eigenvalue weighted by Gasteiger charge is -2.30. The van der Waals surface area contributed by atoms with Gasteiger partial charge in [0.05, 0.1) is 0 Å². The normalized spacial score (nSPS) is 12.9. The summed E-state index contributed by atoms with van der Waals surface area (Å²) in [5, 5.41) is 2.90. The van der Waals surface area contributed by atoms with Gasteiger partial charge in [-0.3, -0.25) is 9.59 Å². The van der Waals surface area contributed by atoms with E-state index in [0.717, 1.165) is 12.0 Å². The van der Waals surface area contributed by atoms with Crippen molar-refractivity contribution in [3.05, 3.63) is 65.5 Å². The van der Waals surface area contributed by atoms with Crippen LogP contribution in [0.3, 0.4) is 0 Å². The highest BCUT2D eigenvalue weighted by molar-refractivity contribution is 5.88. The number of rotatable bonds is 10. The van der Waals surface area contributed by atoms with E-state index in [1.165, 1.54) is 11.0 Å². The van der Waals surface area contributed by atoms with Gasteiger partial charge >= 0.3 is 0 Å². The second-order valence-corrected chi connectivity index (χ2v) is 8.09. The first kappa shape index (κ1) is 24.4. The highest BCUT2D eigenvalue weighted by Crippen LogP contribution is 2.26. The summed E-state index contributed by atoms with van der Waals surface area (Å²) in [5.41, 5.74) is 1.35. The molecule has 31 heavy (non-hydrogen) atoms. The minimum Gasteiger partial charge on any atom is -0.483 e. The van der Waals surface area contributed by atoms with Crippen molar-refractivity contribution in [3.63, 3.8) is 0 Å². The summed E-state index contributed by atoms with van der Waals surface area (Å²) in [5.74, 6) is -0.203. The number of ether oxygens (including phenoxy) is 1. The molecule has 0 aliphatic carbocycles. The Hall–Kier alpha value is -2.89. The lowest BCUT2D eigenvalue weighted by atomic mass is 10.0. The fraction of sp³-hybridized carbons (Fsp3) is 0.440. The fourth-order valence-corrected chi connectivity index (χ4v) is 3.17. The van der Waals surface area contributed by atoms with Crippen molar-refractivity contribution in [2.75, 3.05) is 6.61 Å². The summed E-state index contributed by atoms with van der Waals surface area (Å²) in [7, 11) is 0. The SMILES string of the molecule is CC[C@@H](C)NC(=O)[C@H](C)N(Cc1ccccc1F)C(=O)COc1ccccc1C(C)C. The van der Waals surface area contributed by atoms with E-state index < -0.39 is 11.9 Å². The zero-order chi connectivity index (χ0) is 23.0. The van der Waals surface area contributed by atoms with E-state index in [-0.39, 0.29) is 36.9 Å². The lowest BCUT2D eigenvalue weighted by Crippen LogP contribution is -2.50. The number of halogens is 1. The van der Waals surface area contributed by atoms with E-state index in [1.807, 2.05) is 38.1 Å². The molecule has 5 nitrogen and oxygen atoms in total. The van der Waals surface area contributed by atoms with Gasteiger partial charge < -0.3 is 15.0 Å². The minimum absolute atomic E-state index is 0.0181. The zero-order valence-electron chi connectivity index (χ0n) is 19.0. The Morgan fingerprint density at radius 2 is 1.68 bits per heavy atom. The molecule has 2 aromatic rings. The van der Waals surface area contributed by atoms with Crippen LogP contribution in [0.15, 0.2) is 48.5 Å². The second kappa shape index (κ2) is 11.5. The number of para-hydroxylation sites is 1. The molecule has 168 valence electrons. The van der Waals surface area contributed by atoms with Gasteiger partial charge in [0.1, 0.15) is 17.6 Å². The van der Waals surface area contributed by atoms with Crippen LogP contribution in [-0.2, 0) is 16.1 Å². The quantitative estimate of drug-likeness (QED) is 0.599. The molecule has 6 heteroatoms. The predicted octanol–water partition coefficient (Wildman–Crippen LogP) is 4.66. The van der Waals surface area contributed by atoms with Crippen LogP contribution in [0.4, 0.5) is 4.39 Å². The van der Waals surface area contributed by atoms with Gasteiger partial charge in [0.15, 0.2) is 6.61 Å². The van der Waals surface area contributed by atoms with Gasteiger partial charge in [0, 0.05) is 18.2 Å². The van der Waals surface area contributed by atoms with Crippen molar-refractivity contribution in [1.29, 1.82) is 0 Å². The van der Waals surface area contributed by atoms with Crippen LogP contribution in [0.5, 0.6) is 5.75 Å². The number of hydrogen-bond acceptors (Lipinski definition) is 3. The van der Waals surface area contributed by atoms with E-state index >= 15 is 0 Å². The average molecular weight is 429 g/mol. The number of amides is 2. The van der Waals surface area contributed by atoms with Crippen LogP contribution in [0, 0.1) is 5.82 Å². The van der Waals surface area contributed by atoms with E-state index in [4.69, 9.17) is 4.74 Å². The summed E-state index contributed by atoms with van der Waals surface area (Å²) in [6, 6.07) is 13.0. The van der Waals surface area contributed by atoms with Crippen molar-refractivity contribution in [1.82, 2.24) is 10.2 Å². The first-order valence-corrected chi connectivity index (χ1v) is 10.8. The first-order valence-electron chi connectivity index (χ1n) is 10.8. The molecule has 0 fully saturated rings. The molecule has 0 radical (unpaired) electrons. The molecular formula is C25H33FN2O3. The van der Waals surface area contributed by atoms with Crippen LogP contribution in [0.25, 0.3) is 0 Å².